The number of ketones is 1. The quantitative estimate of drug-likeness (QED) is 0.125. The SMILES string of the molecule is Cc1ccccc1-c1ccccc1-c1cc(C(=O)c2cc(-c3ccccc3-c3ccccc3C)cc(-c3ccccc3-c3ccccc3C)c2)cc(-c2ccccc2-c2ccccc2C)c1. The molecule has 0 aliphatic carbocycles. The molecule has 0 aliphatic rings. The van der Waals surface area contributed by atoms with Crippen molar-refractivity contribution < 1.29 is 4.79 Å². The Labute approximate surface area is 389 Å². The average Bonchev–Trinajstić information content (AvgIpc) is 3.36. The molecule has 0 N–H and O–H groups in total. The first-order chi connectivity index (χ1) is 32.3. The highest BCUT2D eigenvalue weighted by molar-refractivity contribution is 6.12. The van der Waals surface area contributed by atoms with Crippen molar-refractivity contribution in [2.75, 3.05) is 0 Å². The predicted octanol–water partition coefficient (Wildman–Crippen LogP) is 17.5. The molecule has 0 spiro atoms. The number of aryl methyl sites for hydroxylation is 4. The summed E-state index contributed by atoms with van der Waals surface area (Å²) in [5.74, 6) is -0.0373. The molecule has 0 saturated carbocycles. The van der Waals surface area contributed by atoms with Crippen LogP contribution in [0.5, 0.6) is 0 Å². The van der Waals surface area contributed by atoms with Crippen molar-refractivity contribution in [3.63, 3.8) is 0 Å². The minimum atomic E-state index is -0.0373. The Bertz CT molecular complexity index is 3000. The molecule has 10 aromatic rings. The number of hydrogen-bond acceptors (Lipinski definition) is 1. The van der Waals surface area contributed by atoms with Crippen LogP contribution in [-0.2, 0) is 0 Å². The fourth-order valence-corrected chi connectivity index (χ4v) is 9.69. The number of carbonyl (C=O) groups is 1. The molecule has 0 bridgehead atoms. The fraction of sp³-hybridized carbons (Fsp3) is 0.0615. The van der Waals surface area contributed by atoms with Gasteiger partial charge in [-0.25, -0.2) is 0 Å². The molecule has 0 amide bonds. The van der Waals surface area contributed by atoms with E-state index in [9.17, 15) is 0 Å². The molecule has 0 fully saturated rings. The minimum absolute atomic E-state index is 0.0373. The third kappa shape index (κ3) is 8.13. The highest BCUT2D eigenvalue weighted by Crippen LogP contribution is 2.42. The van der Waals surface area contributed by atoms with Crippen LogP contribution in [0.4, 0.5) is 0 Å². The Hall–Kier alpha value is -8.13. The smallest absolute Gasteiger partial charge is 0.193 e. The van der Waals surface area contributed by atoms with E-state index >= 15 is 4.79 Å². The van der Waals surface area contributed by atoms with Crippen molar-refractivity contribution in [3.05, 3.63) is 264 Å². The van der Waals surface area contributed by atoms with Crippen LogP contribution < -0.4 is 0 Å². The van der Waals surface area contributed by atoms with E-state index in [0.717, 1.165) is 66.8 Å². The number of carbonyl (C=O) groups excluding carboxylic acids is 1. The molecule has 0 heterocycles. The van der Waals surface area contributed by atoms with Crippen molar-refractivity contribution in [2.24, 2.45) is 0 Å². The van der Waals surface area contributed by atoms with E-state index in [1.54, 1.807) is 0 Å². The molecule has 1 heteroatoms. The van der Waals surface area contributed by atoms with Gasteiger partial charge in [-0.2, -0.15) is 0 Å². The molecular weight excluding hydrogens is 797 g/mol. The molecule has 0 unspecified atom stereocenters. The summed E-state index contributed by atoms with van der Waals surface area (Å²) in [6.07, 6.45) is 0. The summed E-state index contributed by atoms with van der Waals surface area (Å²) in [6.45, 7) is 8.65. The summed E-state index contributed by atoms with van der Waals surface area (Å²) >= 11 is 0. The van der Waals surface area contributed by atoms with Gasteiger partial charge in [-0.15, -0.1) is 0 Å². The third-order valence-electron chi connectivity index (χ3n) is 13.1. The van der Waals surface area contributed by atoms with E-state index in [1.165, 1.54) is 44.5 Å². The van der Waals surface area contributed by atoms with Crippen LogP contribution in [0.25, 0.3) is 89.0 Å². The topological polar surface area (TPSA) is 17.1 Å². The lowest BCUT2D eigenvalue weighted by molar-refractivity contribution is 0.103. The zero-order valence-corrected chi connectivity index (χ0v) is 37.8. The van der Waals surface area contributed by atoms with Crippen molar-refractivity contribution in [3.8, 4) is 89.0 Å². The van der Waals surface area contributed by atoms with Gasteiger partial charge in [-0.3, -0.25) is 4.79 Å². The third-order valence-corrected chi connectivity index (χ3v) is 13.1. The first-order valence-corrected chi connectivity index (χ1v) is 22.8. The molecular formula is C65H50O. The monoisotopic (exact) mass is 846 g/mol. The van der Waals surface area contributed by atoms with Crippen molar-refractivity contribution in [1.29, 1.82) is 0 Å². The molecule has 0 saturated heterocycles. The molecule has 316 valence electrons. The first-order valence-electron chi connectivity index (χ1n) is 22.8. The summed E-state index contributed by atoms with van der Waals surface area (Å²) < 4.78 is 0. The maximum Gasteiger partial charge on any atom is 0.193 e. The van der Waals surface area contributed by atoms with Crippen LogP contribution in [0, 0.1) is 27.7 Å². The lowest BCUT2D eigenvalue weighted by Gasteiger charge is -2.18. The molecule has 10 rings (SSSR count). The van der Waals surface area contributed by atoms with E-state index < -0.39 is 0 Å². The van der Waals surface area contributed by atoms with Gasteiger partial charge >= 0.3 is 0 Å². The summed E-state index contributed by atoms with van der Waals surface area (Å²) in [7, 11) is 0. The molecule has 0 atom stereocenters. The lowest BCUT2D eigenvalue weighted by Crippen LogP contribution is -2.04. The lowest BCUT2D eigenvalue weighted by atomic mass is 9.85. The second-order valence-corrected chi connectivity index (χ2v) is 17.4. The van der Waals surface area contributed by atoms with E-state index in [0.29, 0.717) is 11.1 Å². The standard InChI is InChI=1S/C65H50O/c1-43-21-5-9-25-53(43)61-33-17-13-29-57(61)47-37-48(58-30-14-18-34-62(58)54-26-10-6-22-44(54)2)40-51(39-47)65(66)52-41-49(59-31-15-19-35-63(59)55-27-11-7-23-45(55)3)38-50(42-52)60-32-16-20-36-64(60)56-28-12-8-24-46(56)4/h5-42H,1-4H3. The zero-order chi connectivity index (χ0) is 45.1. The Morgan fingerprint density at radius 2 is 0.409 bits per heavy atom. The number of benzene rings is 10. The van der Waals surface area contributed by atoms with Gasteiger partial charge in [-0.05, 0) is 175 Å². The van der Waals surface area contributed by atoms with Crippen LogP contribution in [0.15, 0.2) is 231 Å². The Morgan fingerprint density at radius 1 is 0.227 bits per heavy atom. The van der Waals surface area contributed by atoms with Gasteiger partial charge in [0.2, 0.25) is 0 Å². The van der Waals surface area contributed by atoms with E-state index in [1.807, 2.05) is 0 Å². The van der Waals surface area contributed by atoms with Gasteiger partial charge in [0, 0.05) is 11.1 Å². The highest BCUT2D eigenvalue weighted by Gasteiger charge is 2.21. The Morgan fingerprint density at radius 3 is 0.621 bits per heavy atom. The zero-order valence-electron chi connectivity index (χ0n) is 37.8. The van der Waals surface area contributed by atoms with Gasteiger partial charge in [0.25, 0.3) is 0 Å². The Balaban J connectivity index is 1.22. The van der Waals surface area contributed by atoms with Crippen LogP contribution in [0.3, 0.4) is 0 Å². The van der Waals surface area contributed by atoms with Crippen LogP contribution >= 0.6 is 0 Å². The van der Waals surface area contributed by atoms with E-state index in [2.05, 4.69) is 258 Å². The second kappa shape index (κ2) is 18.2. The Kier molecular flexibility index (Phi) is 11.5. The minimum Gasteiger partial charge on any atom is -0.289 e. The maximum atomic E-state index is 15.8. The molecule has 0 aliphatic heterocycles. The van der Waals surface area contributed by atoms with Gasteiger partial charge in [0.05, 0.1) is 0 Å². The highest BCUT2D eigenvalue weighted by atomic mass is 16.1. The summed E-state index contributed by atoms with van der Waals surface area (Å²) in [5, 5.41) is 0. The molecule has 1 nitrogen and oxygen atoms in total. The normalized spacial score (nSPS) is 11.1. The van der Waals surface area contributed by atoms with Crippen molar-refractivity contribution in [1.82, 2.24) is 0 Å². The predicted molar refractivity (Wildman–Crippen MR) is 279 cm³/mol. The largest absolute Gasteiger partial charge is 0.289 e. The van der Waals surface area contributed by atoms with E-state index in [4.69, 9.17) is 0 Å². The van der Waals surface area contributed by atoms with Gasteiger partial charge < -0.3 is 0 Å². The van der Waals surface area contributed by atoms with E-state index in [-0.39, 0.29) is 5.78 Å². The first kappa shape index (κ1) is 41.9. The molecule has 0 aromatic heterocycles. The summed E-state index contributed by atoms with van der Waals surface area (Å²) in [5.41, 5.74) is 23.5. The average molecular weight is 847 g/mol. The van der Waals surface area contributed by atoms with Crippen molar-refractivity contribution >= 4 is 5.78 Å². The van der Waals surface area contributed by atoms with Crippen LogP contribution in [0.1, 0.15) is 38.2 Å². The summed E-state index contributed by atoms with van der Waals surface area (Å²) in [4.78, 5) is 15.8. The maximum absolute atomic E-state index is 15.8. The van der Waals surface area contributed by atoms with Gasteiger partial charge in [0.15, 0.2) is 5.78 Å². The molecule has 10 aromatic carbocycles. The van der Waals surface area contributed by atoms with Crippen LogP contribution in [-0.4, -0.2) is 5.78 Å². The van der Waals surface area contributed by atoms with Crippen LogP contribution in [0.2, 0.25) is 0 Å². The number of hydrogen-bond donors (Lipinski definition) is 0. The van der Waals surface area contributed by atoms with Crippen molar-refractivity contribution in [2.45, 2.75) is 27.7 Å². The van der Waals surface area contributed by atoms with Gasteiger partial charge in [-0.1, -0.05) is 194 Å². The van der Waals surface area contributed by atoms with Gasteiger partial charge in [0.1, 0.15) is 0 Å². The number of rotatable bonds is 10. The molecule has 66 heavy (non-hydrogen) atoms. The second-order valence-electron chi connectivity index (χ2n) is 17.4. The fourth-order valence-electron chi connectivity index (χ4n) is 9.69. The molecule has 0 radical (unpaired) electrons. The summed E-state index contributed by atoms with van der Waals surface area (Å²) in [6, 6.07) is 81.4.